The van der Waals surface area contributed by atoms with Crippen LogP contribution in [0.4, 0.5) is 4.39 Å². The lowest BCUT2D eigenvalue weighted by Crippen LogP contribution is -2.52. The fourth-order valence-corrected chi connectivity index (χ4v) is 4.72. The highest BCUT2D eigenvalue weighted by molar-refractivity contribution is 5.85. The number of methoxy groups -OCH3 is 1. The van der Waals surface area contributed by atoms with Crippen LogP contribution in [0.15, 0.2) is 24.3 Å². The molecule has 1 aromatic heterocycles. The molecule has 1 atom stereocenters. The summed E-state index contributed by atoms with van der Waals surface area (Å²) in [5.74, 6) is 0.563. The van der Waals surface area contributed by atoms with E-state index >= 15 is 0 Å². The van der Waals surface area contributed by atoms with Crippen LogP contribution in [0.2, 0.25) is 0 Å². The van der Waals surface area contributed by atoms with Crippen molar-refractivity contribution < 1.29 is 9.13 Å². The first kappa shape index (κ1) is 23.1. The van der Waals surface area contributed by atoms with Crippen molar-refractivity contribution in [3.8, 4) is 0 Å². The molecule has 2 heterocycles. The zero-order valence-electron chi connectivity index (χ0n) is 17.6. The smallest absolute Gasteiger partial charge is 0.173 e. The van der Waals surface area contributed by atoms with Crippen molar-refractivity contribution in [2.24, 2.45) is 0 Å². The second kappa shape index (κ2) is 11.1. The molecular formula is C21H32ClFN6O. The lowest BCUT2D eigenvalue weighted by atomic mass is 9.93. The van der Waals surface area contributed by atoms with Crippen LogP contribution in [0.1, 0.15) is 49.5 Å². The van der Waals surface area contributed by atoms with Gasteiger partial charge in [-0.05, 0) is 41.0 Å². The molecule has 7 nitrogen and oxygen atoms in total. The summed E-state index contributed by atoms with van der Waals surface area (Å²) in [5.41, 5.74) is 1.02. The van der Waals surface area contributed by atoms with Gasteiger partial charge < -0.3 is 4.74 Å². The molecule has 1 aromatic carbocycles. The Morgan fingerprint density at radius 2 is 1.77 bits per heavy atom. The molecule has 0 N–H and O–H groups in total. The SMILES string of the molecule is COCCn1nnnc1C(c1ccc(F)cc1)N1CCN(C2CCCCC2)CC1.Cl. The molecule has 4 rings (SSSR count). The van der Waals surface area contributed by atoms with Gasteiger partial charge in [0, 0.05) is 39.3 Å². The van der Waals surface area contributed by atoms with E-state index in [2.05, 4.69) is 25.3 Å². The van der Waals surface area contributed by atoms with Crippen LogP contribution < -0.4 is 0 Å². The fourth-order valence-electron chi connectivity index (χ4n) is 4.72. The predicted molar refractivity (Wildman–Crippen MR) is 115 cm³/mol. The van der Waals surface area contributed by atoms with Gasteiger partial charge in [0.05, 0.1) is 19.2 Å². The Hall–Kier alpha value is -1.61. The molecule has 166 valence electrons. The van der Waals surface area contributed by atoms with Gasteiger partial charge in [0.2, 0.25) is 0 Å². The average molecular weight is 439 g/mol. The van der Waals surface area contributed by atoms with Gasteiger partial charge in [-0.1, -0.05) is 31.4 Å². The Bertz CT molecular complexity index is 759. The molecule has 2 aromatic rings. The van der Waals surface area contributed by atoms with Crippen LogP contribution in [-0.4, -0.2) is 75.9 Å². The first-order valence-electron chi connectivity index (χ1n) is 10.7. The Morgan fingerprint density at radius 1 is 1.07 bits per heavy atom. The Kier molecular flexibility index (Phi) is 8.56. The molecule has 0 spiro atoms. The van der Waals surface area contributed by atoms with E-state index in [0.29, 0.717) is 13.2 Å². The molecule has 0 bridgehead atoms. The van der Waals surface area contributed by atoms with E-state index in [1.807, 2.05) is 16.8 Å². The third-order valence-electron chi connectivity index (χ3n) is 6.30. The molecule has 2 fully saturated rings. The number of nitrogens with zero attached hydrogens (tertiary/aromatic N) is 6. The van der Waals surface area contributed by atoms with Crippen molar-refractivity contribution in [3.63, 3.8) is 0 Å². The van der Waals surface area contributed by atoms with Crippen LogP contribution in [0.5, 0.6) is 0 Å². The van der Waals surface area contributed by atoms with Crippen LogP contribution in [-0.2, 0) is 11.3 Å². The molecular weight excluding hydrogens is 407 g/mol. The minimum absolute atomic E-state index is 0. The number of aromatic nitrogens is 4. The third kappa shape index (κ3) is 5.35. The van der Waals surface area contributed by atoms with Gasteiger partial charge in [0.25, 0.3) is 0 Å². The number of ether oxygens (including phenoxy) is 1. The van der Waals surface area contributed by atoms with E-state index in [1.54, 1.807) is 7.11 Å². The lowest BCUT2D eigenvalue weighted by Gasteiger charge is -2.43. The molecule has 2 aliphatic rings. The van der Waals surface area contributed by atoms with E-state index in [-0.39, 0.29) is 24.3 Å². The van der Waals surface area contributed by atoms with Crippen LogP contribution in [0, 0.1) is 5.82 Å². The highest BCUT2D eigenvalue weighted by Crippen LogP contribution is 2.30. The maximum absolute atomic E-state index is 13.6. The topological polar surface area (TPSA) is 59.3 Å². The van der Waals surface area contributed by atoms with Gasteiger partial charge in [-0.2, -0.15) is 0 Å². The number of tetrazole rings is 1. The standard InChI is InChI=1S/C21H31FN6O.ClH/c1-29-16-15-28-21(23-24-25-28)20(17-7-9-18(22)10-8-17)27-13-11-26(12-14-27)19-5-3-2-4-6-19;/h7-10,19-20H,2-6,11-16H2,1H3;1H. The summed E-state index contributed by atoms with van der Waals surface area (Å²) in [7, 11) is 1.67. The monoisotopic (exact) mass is 438 g/mol. The Balaban J connectivity index is 0.00000256. The number of hydrogen-bond donors (Lipinski definition) is 0. The summed E-state index contributed by atoms with van der Waals surface area (Å²) >= 11 is 0. The van der Waals surface area contributed by atoms with E-state index in [1.165, 1.54) is 44.2 Å². The quantitative estimate of drug-likeness (QED) is 0.662. The van der Waals surface area contributed by atoms with E-state index in [0.717, 1.165) is 43.6 Å². The second-order valence-electron chi connectivity index (χ2n) is 8.07. The summed E-state index contributed by atoms with van der Waals surface area (Å²) < 4.78 is 20.6. The van der Waals surface area contributed by atoms with Crippen LogP contribution in [0.25, 0.3) is 0 Å². The first-order chi connectivity index (χ1) is 14.3. The first-order valence-corrected chi connectivity index (χ1v) is 10.7. The van der Waals surface area contributed by atoms with Crippen LogP contribution in [0.3, 0.4) is 0 Å². The minimum Gasteiger partial charge on any atom is -0.383 e. The molecule has 1 aliphatic carbocycles. The normalized spacial score (nSPS) is 20.1. The number of halogens is 2. The van der Waals surface area contributed by atoms with Gasteiger partial charge in [-0.3, -0.25) is 9.80 Å². The zero-order valence-corrected chi connectivity index (χ0v) is 18.4. The van der Waals surface area contributed by atoms with Gasteiger partial charge in [-0.25, -0.2) is 9.07 Å². The fraction of sp³-hybridized carbons (Fsp3) is 0.667. The maximum Gasteiger partial charge on any atom is 0.173 e. The molecule has 1 saturated carbocycles. The molecule has 1 saturated heterocycles. The molecule has 1 unspecified atom stereocenters. The van der Waals surface area contributed by atoms with Crippen molar-refractivity contribution in [2.45, 2.75) is 50.7 Å². The minimum atomic E-state index is -0.228. The molecule has 30 heavy (non-hydrogen) atoms. The van der Waals surface area contributed by atoms with E-state index in [4.69, 9.17) is 4.74 Å². The van der Waals surface area contributed by atoms with Crippen molar-refractivity contribution in [2.75, 3.05) is 39.9 Å². The Labute approximate surface area is 184 Å². The van der Waals surface area contributed by atoms with Crippen molar-refractivity contribution in [1.82, 2.24) is 30.0 Å². The lowest BCUT2D eigenvalue weighted by molar-refractivity contribution is 0.0615. The molecule has 0 amide bonds. The number of piperazine rings is 1. The van der Waals surface area contributed by atoms with Crippen molar-refractivity contribution in [3.05, 3.63) is 41.5 Å². The van der Waals surface area contributed by atoms with Gasteiger partial charge in [0.15, 0.2) is 5.82 Å². The Morgan fingerprint density at radius 3 is 2.43 bits per heavy atom. The summed E-state index contributed by atoms with van der Waals surface area (Å²) in [4.78, 5) is 5.09. The van der Waals surface area contributed by atoms with Crippen molar-refractivity contribution in [1.29, 1.82) is 0 Å². The predicted octanol–water partition coefficient (Wildman–Crippen LogP) is 2.92. The highest BCUT2D eigenvalue weighted by Gasteiger charge is 2.32. The van der Waals surface area contributed by atoms with Crippen molar-refractivity contribution >= 4 is 12.4 Å². The van der Waals surface area contributed by atoms with Gasteiger partial charge in [0.1, 0.15) is 5.82 Å². The number of rotatable bonds is 7. The average Bonchev–Trinajstić information content (AvgIpc) is 3.23. The third-order valence-corrected chi connectivity index (χ3v) is 6.30. The highest BCUT2D eigenvalue weighted by atomic mass is 35.5. The summed E-state index contributed by atoms with van der Waals surface area (Å²) in [5, 5.41) is 12.4. The number of hydrogen-bond acceptors (Lipinski definition) is 6. The number of benzene rings is 1. The summed E-state index contributed by atoms with van der Waals surface area (Å²) in [6.07, 6.45) is 6.76. The van der Waals surface area contributed by atoms with E-state index < -0.39 is 0 Å². The van der Waals surface area contributed by atoms with Gasteiger partial charge >= 0.3 is 0 Å². The van der Waals surface area contributed by atoms with Crippen LogP contribution >= 0.6 is 12.4 Å². The largest absolute Gasteiger partial charge is 0.383 e. The summed E-state index contributed by atoms with van der Waals surface area (Å²) in [6, 6.07) is 7.39. The summed E-state index contributed by atoms with van der Waals surface area (Å²) in [6.45, 7) is 5.16. The van der Waals surface area contributed by atoms with Gasteiger partial charge in [-0.15, -0.1) is 17.5 Å². The van der Waals surface area contributed by atoms with E-state index in [9.17, 15) is 4.39 Å². The zero-order chi connectivity index (χ0) is 20.1. The molecule has 1 aliphatic heterocycles. The second-order valence-corrected chi connectivity index (χ2v) is 8.07. The maximum atomic E-state index is 13.6. The molecule has 0 radical (unpaired) electrons. The molecule has 9 heteroatoms.